The van der Waals surface area contributed by atoms with Crippen molar-refractivity contribution in [2.24, 2.45) is 11.8 Å². The van der Waals surface area contributed by atoms with Gasteiger partial charge in [-0.15, -0.1) is 0 Å². The van der Waals surface area contributed by atoms with Gasteiger partial charge < -0.3 is 5.32 Å². The number of nitrogens with one attached hydrogen (secondary N) is 1. The van der Waals surface area contributed by atoms with Crippen LogP contribution < -0.4 is 5.32 Å². The Morgan fingerprint density at radius 2 is 1.88 bits per heavy atom. The average molecular weight is 284 g/mol. The van der Waals surface area contributed by atoms with Gasteiger partial charge in [-0.05, 0) is 47.0 Å². The van der Waals surface area contributed by atoms with Crippen LogP contribution in [-0.2, 0) is 0 Å². The zero-order valence-electron chi connectivity index (χ0n) is 9.78. The van der Waals surface area contributed by atoms with E-state index in [0.29, 0.717) is 6.04 Å². The molecule has 0 amide bonds. The van der Waals surface area contributed by atoms with Crippen LogP contribution in [0.2, 0.25) is 0 Å². The molecule has 1 aromatic heterocycles. The van der Waals surface area contributed by atoms with Crippen molar-refractivity contribution in [1.29, 1.82) is 0 Å². The molecule has 3 unspecified atom stereocenters. The van der Waals surface area contributed by atoms with Crippen molar-refractivity contribution in [2.75, 3.05) is 5.32 Å². The topological polar surface area (TPSA) is 37.8 Å². The molecule has 1 fully saturated rings. The molecule has 1 aliphatic carbocycles. The van der Waals surface area contributed by atoms with Crippen LogP contribution in [0.3, 0.4) is 0 Å². The molecule has 4 heteroatoms. The van der Waals surface area contributed by atoms with E-state index in [1.165, 1.54) is 19.3 Å². The molecule has 1 aliphatic rings. The smallest absolute Gasteiger partial charge is 0.222 e. The second kappa shape index (κ2) is 5.13. The monoisotopic (exact) mass is 283 g/mol. The van der Waals surface area contributed by atoms with Crippen molar-refractivity contribution in [3.8, 4) is 0 Å². The lowest BCUT2D eigenvalue weighted by atomic mass is 9.79. The van der Waals surface area contributed by atoms with Crippen LogP contribution in [0, 0.1) is 11.8 Å². The summed E-state index contributed by atoms with van der Waals surface area (Å²) in [4.78, 5) is 8.49. The molecule has 16 heavy (non-hydrogen) atoms. The largest absolute Gasteiger partial charge is 0.351 e. The van der Waals surface area contributed by atoms with Crippen molar-refractivity contribution in [3.05, 3.63) is 16.9 Å². The van der Waals surface area contributed by atoms with Crippen LogP contribution in [0.25, 0.3) is 0 Å². The molecule has 2 rings (SSSR count). The maximum atomic E-state index is 4.25. The van der Waals surface area contributed by atoms with E-state index in [2.05, 4.69) is 45.1 Å². The molecule has 0 saturated heterocycles. The Balaban J connectivity index is 1.93. The lowest BCUT2D eigenvalue weighted by Gasteiger charge is -2.32. The summed E-state index contributed by atoms with van der Waals surface area (Å²) in [5.41, 5.74) is 0. The minimum atomic E-state index is 0.535. The van der Waals surface area contributed by atoms with Crippen molar-refractivity contribution >= 4 is 21.9 Å². The molecule has 0 spiro atoms. The molecule has 88 valence electrons. The fourth-order valence-electron chi connectivity index (χ4n) is 2.25. The Morgan fingerprint density at radius 1 is 1.19 bits per heavy atom. The van der Waals surface area contributed by atoms with Gasteiger partial charge in [-0.3, -0.25) is 0 Å². The first-order chi connectivity index (χ1) is 7.65. The molecule has 0 aliphatic heterocycles. The normalized spacial score (nSPS) is 30.1. The number of rotatable bonds is 2. The van der Waals surface area contributed by atoms with Gasteiger partial charge in [-0.2, -0.15) is 0 Å². The molecular formula is C12H18BrN3. The van der Waals surface area contributed by atoms with E-state index in [1.54, 1.807) is 12.4 Å². The third kappa shape index (κ3) is 2.94. The molecule has 3 nitrogen and oxygen atoms in total. The SMILES string of the molecule is CC1CCC(Nc2ncc(Br)cn2)CC1C. The summed E-state index contributed by atoms with van der Waals surface area (Å²) in [5, 5.41) is 3.42. The third-order valence-corrected chi connectivity index (χ3v) is 3.96. The van der Waals surface area contributed by atoms with E-state index < -0.39 is 0 Å². The van der Waals surface area contributed by atoms with Crippen LogP contribution in [-0.4, -0.2) is 16.0 Å². The van der Waals surface area contributed by atoms with E-state index >= 15 is 0 Å². The fraction of sp³-hybridized carbons (Fsp3) is 0.667. The van der Waals surface area contributed by atoms with Crippen LogP contribution in [0.5, 0.6) is 0 Å². The van der Waals surface area contributed by atoms with Crippen molar-refractivity contribution in [1.82, 2.24) is 9.97 Å². The Hall–Kier alpha value is -0.640. The zero-order chi connectivity index (χ0) is 11.5. The predicted molar refractivity (Wildman–Crippen MR) is 69.3 cm³/mol. The number of hydrogen-bond donors (Lipinski definition) is 1. The highest BCUT2D eigenvalue weighted by Gasteiger charge is 2.24. The van der Waals surface area contributed by atoms with Crippen molar-refractivity contribution in [3.63, 3.8) is 0 Å². The molecule has 1 saturated carbocycles. The Morgan fingerprint density at radius 3 is 2.50 bits per heavy atom. The number of nitrogens with zero attached hydrogens (tertiary/aromatic N) is 2. The van der Waals surface area contributed by atoms with Crippen LogP contribution in [0.15, 0.2) is 16.9 Å². The highest BCUT2D eigenvalue weighted by atomic mass is 79.9. The summed E-state index contributed by atoms with van der Waals surface area (Å²) >= 11 is 3.34. The molecule has 1 aromatic rings. The highest BCUT2D eigenvalue weighted by molar-refractivity contribution is 9.10. The molecule has 0 bridgehead atoms. The zero-order valence-corrected chi connectivity index (χ0v) is 11.4. The maximum Gasteiger partial charge on any atom is 0.222 e. The second-order valence-corrected chi connectivity index (χ2v) is 5.75. The minimum Gasteiger partial charge on any atom is -0.351 e. The number of hydrogen-bond acceptors (Lipinski definition) is 3. The van der Waals surface area contributed by atoms with Crippen LogP contribution in [0.1, 0.15) is 33.1 Å². The minimum absolute atomic E-state index is 0.535. The van der Waals surface area contributed by atoms with Crippen molar-refractivity contribution < 1.29 is 0 Å². The van der Waals surface area contributed by atoms with E-state index in [4.69, 9.17) is 0 Å². The standard InChI is InChI=1S/C12H18BrN3/c1-8-3-4-11(5-9(8)2)16-12-14-6-10(13)7-15-12/h6-9,11H,3-5H2,1-2H3,(H,14,15,16). The molecule has 0 radical (unpaired) electrons. The quantitative estimate of drug-likeness (QED) is 0.903. The lowest BCUT2D eigenvalue weighted by molar-refractivity contribution is 0.260. The maximum absolute atomic E-state index is 4.25. The number of aromatic nitrogens is 2. The lowest BCUT2D eigenvalue weighted by Crippen LogP contribution is -2.30. The molecule has 3 atom stereocenters. The molecule has 0 aromatic carbocycles. The number of anilines is 1. The summed E-state index contributed by atoms with van der Waals surface area (Å²) in [5.74, 6) is 2.39. The van der Waals surface area contributed by atoms with Gasteiger partial charge in [0.1, 0.15) is 0 Å². The Kier molecular flexibility index (Phi) is 3.79. The highest BCUT2D eigenvalue weighted by Crippen LogP contribution is 2.30. The van der Waals surface area contributed by atoms with Gasteiger partial charge >= 0.3 is 0 Å². The van der Waals surface area contributed by atoms with Gasteiger partial charge in [0.25, 0.3) is 0 Å². The summed E-state index contributed by atoms with van der Waals surface area (Å²) < 4.78 is 0.920. The predicted octanol–water partition coefficient (Wildman–Crippen LogP) is 3.48. The van der Waals surface area contributed by atoms with Crippen molar-refractivity contribution in [2.45, 2.75) is 39.2 Å². The van der Waals surface area contributed by atoms with E-state index in [0.717, 1.165) is 22.3 Å². The fourth-order valence-corrected chi connectivity index (χ4v) is 2.45. The Bertz CT molecular complexity index is 339. The van der Waals surface area contributed by atoms with Gasteiger partial charge in [-0.25, -0.2) is 9.97 Å². The van der Waals surface area contributed by atoms with Crippen LogP contribution >= 0.6 is 15.9 Å². The van der Waals surface area contributed by atoms with Gasteiger partial charge in [-0.1, -0.05) is 13.8 Å². The summed E-state index contributed by atoms with van der Waals surface area (Å²) in [6, 6.07) is 0.535. The summed E-state index contributed by atoms with van der Waals surface area (Å²) in [7, 11) is 0. The third-order valence-electron chi connectivity index (χ3n) is 3.55. The first kappa shape index (κ1) is 11.8. The average Bonchev–Trinajstić information content (AvgIpc) is 2.27. The van der Waals surface area contributed by atoms with Gasteiger partial charge in [0, 0.05) is 18.4 Å². The molecule has 1 heterocycles. The van der Waals surface area contributed by atoms with Gasteiger partial charge in [0.15, 0.2) is 0 Å². The first-order valence-electron chi connectivity index (χ1n) is 5.89. The van der Waals surface area contributed by atoms with E-state index in [-0.39, 0.29) is 0 Å². The van der Waals surface area contributed by atoms with Crippen LogP contribution in [0.4, 0.5) is 5.95 Å². The Labute approximate surface area is 105 Å². The molecular weight excluding hydrogens is 266 g/mol. The van der Waals surface area contributed by atoms with E-state index in [9.17, 15) is 0 Å². The second-order valence-electron chi connectivity index (χ2n) is 4.83. The first-order valence-corrected chi connectivity index (χ1v) is 6.68. The molecule has 1 N–H and O–H groups in total. The summed E-state index contributed by atoms with van der Waals surface area (Å²) in [6.45, 7) is 4.68. The summed E-state index contributed by atoms with van der Waals surface area (Å²) in [6.07, 6.45) is 7.31. The number of halogens is 1. The van der Waals surface area contributed by atoms with Gasteiger partial charge in [0.2, 0.25) is 5.95 Å². The van der Waals surface area contributed by atoms with E-state index in [1.807, 2.05) is 0 Å². The van der Waals surface area contributed by atoms with Gasteiger partial charge in [0.05, 0.1) is 4.47 Å².